The van der Waals surface area contributed by atoms with Crippen LogP contribution >= 0.6 is 0 Å². The van der Waals surface area contributed by atoms with Crippen LogP contribution in [0, 0.1) is 6.92 Å². The smallest absolute Gasteiger partial charge is 0.310 e. The van der Waals surface area contributed by atoms with Gasteiger partial charge in [0.05, 0.1) is 13.0 Å². The van der Waals surface area contributed by atoms with Gasteiger partial charge in [-0.2, -0.15) is 0 Å². The van der Waals surface area contributed by atoms with Crippen molar-refractivity contribution in [3.8, 4) is 17.2 Å². The van der Waals surface area contributed by atoms with Crippen LogP contribution in [0.3, 0.4) is 0 Å². The van der Waals surface area contributed by atoms with E-state index in [2.05, 4.69) is 5.32 Å². The Bertz CT molecular complexity index is 835. The van der Waals surface area contributed by atoms with E-state index < -0.39 is 18.0 Å². The summed E-state index contributed by atoms with van der Waals surface area (Å²) in [6.45, 7) is 3.81. The average molecular weight is 371 g/mol. The SMILES string of the molecule is Cc1cccc(OCCC(=O)O[C@H](C)C(=O)Nc2ccc3c(c2)OCO3)c1. The molecule has 0 aromatic heterocycles. The molecular formula is C20H21NO6. The zero-order valence-electron chi connectivity index (χ0n) is 15.2. The molecule has 0 bridgehead atoms. The maximum Gasteiger partial charge on any atom is 0.310 e. The van der Waals surface area contributed by atoms with Gasteiger partial charge in [-0.05, 0) is 43.7 Å². The zero-order valence-corrected chi connectivity index (χ0v) is 15.2. The summed E-state index contributed by atoms with van der Waals surface area (Å²) >= 11 is 0. The van der Waals surface area contributed by atoms with Gasteiger partial charge >= 0.3 is 5.97 Å². The van der Waals surface area contributed by atoms with Gasteiger partial charge in [0.2, 0.25) is 6.79 Å². The number of carbonyl (C=O) groups excluding carboxylic acids is 2. The summed E-state index contributed by atoms with van der Waals surface area (Å²) in [7, 11) is 0. The third-order valence-electron chi connectivity index (χ3n) is 3.88. The molecule has 0 saturated carbocycles. The second kappa shape index (κ2) is 8.44. The monoisotopic (exact) mass is 371 g/mol. The fourth-order valence-electron chi connectivity index (χ4n) is 2.49. The van der Waals surface area contributed by atoms with Crippen LogP contribution in [0.25, 0.3) is 0 Å². The number of aryl methyl sites for hydroxylation is 1. The molecule has 0 radical (unpaired) electrons. The molecule has 7 nitrogen and oxygen atoms in total. The summed E-state index contributed by atoms with van der Waals surface area (Å²) in [4.78, 5) is 24.1. The predicted molar refractivity (Wildman–Crippen MR) is 98.0 cm³/mol. The molecule has 1 N–H and O–H groups in total. The van der Waals surface area contributed by atoms with Gasteiger partial charge in [0.1, 0.15) is 5.75 Å². The predicted octanol–water partition coefficient (Wildman–Crippen LogP) is 3.06. The van der Waals surface area contributed by atoms with E-state index in [4.69, 9.17) is 18.9 Å². The molecule has 142 valence electrons. The lowest BCUT2D eigenvalue weighted by atomic mass is 10.2. The van der Waals surface area contributed by atoms with Crippen molar-refractivity contribution in [3.05, 3.63) is 48.0 Å². The van der Waals surface area contributed by atoms with Crippen LogP contribution in [-0.4, -0.2) is 31.4 Å². The van der Waals surface area contributed by atoms with Gasteiger partial charge in [-0.1, -0.05) is 12.1 Å². The molecule has 1 amide bonds. The molecule has 2 aromatic rings. The van der Waals surface area contributed by atoms with Gasteiger partial charge < -0.3 is 24.3 Å². The Morgan fingerprint density at radius 3 is 2.78 bits per heavy atom. The Morgan fingerprint density at radius 2 is 1.96 bits per heavy atom. The van der Waals surface area contributed by atoms with Crippen molar-refractivity contribution in [2.24, 2.45) is 0 Å². The number of rotatable bonds is 7. The van der Waals surface area contributed by atoms with E-state index in [-0.39, 0.29) is 19.8 Å². The third kappa shape index (κ3) is 5.13. The van der Waals surface area contributed by atoms with Crippen LogP contribution in [-0.2, 0) is 14.3 Å². The van der Waals surface area contributed by atoms with E-state index in [0.29, 0.717) is 22.9 Å². The summed E-state index contributed by atoms with van der Waals surface area (Å²) in [5.74, 6) is 0.945. The lowest BCUT2D eigenvalue weighted by molar-refractivity contribution is -0.153. The molecule has 0 spiro atoms. The molecule has 1 aliphatic rings. The number of nitrogens with one attached hydrogen (secondary N) is 1. The largest absolute Gasteiger partial charge is 0.493 e. The van der Waals surface area contributed by atoms with Crippen LogP contribution < -0.4 is 19.5 Å². The first-order chi connectivity index (χ1) is 13.0. The van der Waals surface area contributed by atoms with Gasteiger partial charge in [0.25, 0.3) is 5.91 Å². The second-order valence-electron chi connectivity index (χ2n) is 6.10. The number of fused-ring (bicyclic) bond motifs is 1. The average Bonchev–Trinajstić information content (AvgIpc) is 3.09. The fraction of sp³-hybridized carbons (Fsp3) is 0.300. The number of benzene rings is 2. The molecule has 1 aliphatic heterocycles. The van der Waals surface area contributed by atoms with E-state index in [1.165, 1.54) is 6.92 Å². The molecule has 0 unspecified atom stereocenters. The molecule has 7 heteroatoms. The van der Waals surface area contributed by atoms with E-state index >= 15 is 0 Å². The summed E-state index contributed by atoms with van der Waals surface area (Å²) in [5, 5.41) is 2.68. The number of hydrogen-bond acceptors (Lipinski definition) is 6. The summed E-state index contributed by atoms with van der Waals surface area (Å²) in [5.41, 5.74) is 1.61. The molecule has 3 rings (SSSR count). The Kier molecular flexibility index (Phi) is 5.80. The molecule has 1 atom stereocenters. The van der Waals surface area contributed by atoms with Crippen molar-refractivity contribution >= 4 is 17.6 Å². The molecule has 0 aliphatic carbocycles. The Balaban J connectivity index is 1.42. The number of ether oxygens (including phenoxy) is 4. The summed E-state index contributed by atoms with van der Waals surface area (Å²) in [6, 6.07) is 12.6. The normalized spacial score (nSPS) is 13.0. The molecule has 1 heterocycles. The van der Waals surface area contributed by atoms with Gasteiger partial charge in [-0.3, -0.25) is 9.59 Å². The summed E-state index contributed by atoms with van der Waals surface area (Å²) < 4.78 is 21.1. The molecule has 0 saturated heterocycles. The standard InChI is InChI=1S/C20H21NO6/c1-13-4-3-5-16(10-13)24-9-8-19(22)27-14(2)20(23)21-15-6-7-17-18(11-15)26-12-25-17/h3-7,10-11,14H,8-9,12H2,1-2H3,(H,21,23)/t14-/m1/s1. The van der Waals surface area contributed by atoms with Crippen LogP contribution in [0.15, 0.2) is 42.5 Å². The minimum Gasteiger partial charge on any atom is -0.493 e. The van der Waals surface area contributed by atoms with E-state index in [1.807, 2.05) is 31.2 Å². The van der Waals surface area contributed by atoms with Gasteiger partial charge in [-0.15, -0.1) is 0 Å². The highest BCUT2D eigenvalue weighted by atomic mass is 16.7. The maximum atomic E-state index is 12.2. The van der Waals surface area contributed by atoms with Crippen molar-refractivity contribution in [1.29, 1.82) is 0 Å². The summed E-state index contributed by atoms with van der Waals surface area (Å²) in [6.07, 6.45) is -0.878. The lowest BCUT2D eigenvalue weighted by Gasteiger charge is -2.14. The van der Waals surface area contributed by atoms with Crippen LogP contribution in [0.5, 0.6) is 17.2 Å². The van der Waals surface area contributed by atoms with E-state index in [9.17, 15) is 9.59 Å². The molecule has 2 aromatic carbocycles. The molecular weight excluding hydrogens is 350 g/mol. The van der Waals surface area contributed by atoms with Crippen molar-refractivity contribution in [2.75, 3.05) is 18.7 Å². The maximum absolute atomic E-state index is 12.2. The second-order valence-corrected chi connectivity index (χ2v) is 6.10. The number of carbonyl (C=O) groups is 2. The fourth-order valence-corrected chi connectivity index (χ4v) is 2.49. The Hall–Kier alpha value is -3.22. The lowest BCUT2D eigenvalue weighted by Crippen LogP contribution is -2.30. The Labute approximate surface area is 157 Å². The topological polar surface area (TPSA) is 83.1 Å². The van der Waals surface area contributed by atoms with Crippen molar-refractivity contribution in [3.63, 3.8) is 0 Å². The highest BCUT2D eigenvalue weighted by molar-refractivity contribution is 5.95. The first-order valence-corrected chi connectivity index (χ1v) is 8.61. The van der Waals surface area contributed by atoms with Crippen molar-refractivity contribution in [2.45, 2.75) is 26.4 Å². The quantitative estimate of drug-likeness (QED) is 0.753. The van der Waals surface area contributed by atoms with Gasteiger partial charge in [-0.25, -0.2) is 0 Å². The number of esters is 1. The van der Waals surface area contributed by atoms with E-state index in [1.54, 1.807) is 18.2 Å². The highest BCUT2D eigenvalue weighted by Gasteiger charge is 2.19. The van der Waals surface area contributed by atoms with Crippen LogP contribution in [0.4, 0.5) is 5.69 Å². The van der Waals surface area contributed by atoms with Crippen molar-refractivity contribution < 1.29 is 28.5 Å². The van der Waals surface area contributed by atoms with Gasteiger partial charge in [0.15, 0.2) is 17.6 Å². The first kappa shape index (κ1) is 18.6. The number of hydrogen-bond donors (Lipinski definition) is 1. The van der Waals surface area contributed by atoms with Crippen molar-refractivity contribution in [1.82, 2.24) is 0 Å². The van der Waals surface area contributed by atoms with Crippen LogP contribution in [0.1, 0.15) is 18.9 Å². The Morgan fingerprint density at radius 1 is 1.15 bits per heavy atom. The zero-order chi connectivity index (χ0) is 19.2. The minimum absolute atomic E-state index is 0.0512. The molecule has 27 heavy (non-hydrogen) atoms. The number of anilines is 1. The highest BCUT2D eigenvalue weighted by Crippen LogP contribution is 2.34. The first-order valence-electron chi connectivity index (χ1n) is 8.61. The number of amides is 1. The van der Waals surface area contributed by atoms with Gasteiger partial charge in [0, 0.05) is 11.8 Å². The van der Waals surface area contributed by atoms with Crippen LogP contribution in [0.2, 0.25) is 0 Å². The minimum atomic E-state index is -0.929. The van der Waals surface area contributed by atoms with E-state index in [0.717, 1.165) is 5.56 Å². The third-order valence-corrected chi connectivity index (χ3v) is 3.88. The molecule has 0 fully saturated rings.